The van der Waals surface area contributed by atoms with Crippen molar-refractivity contribution in [1.82, 2.24) is 4.31 Å². The smallest absolute Gasteiger partial charge is 0.243 e. The summed E-state index contributed by atoms with van der Waals surface area (Å²) in [4.78, 5) is 15.1. The van der Waals surface area contributed by atoms with Crippen molar-refractivity contribution < 1.29 is 13.2 Å². The minimum Gasteiger partial charge on any atom is -0.374 e. The Morgan fingerprint density at radius 3 is 2.35 bits per heavy atom. The fourth-order valence-electron chi connectivity index (χ4n) is 4.23. The second-order valence-electron chi connectivity index (χ2n) is 8.11. The Hall–Kier alpha value is -2.58. The number of anilines is 3. The average Bonchev–Trinajstić information content (AvgIpc) is 3.35. The van der Waals surface area contributed by atoms with E-state index in [-0.39, 0.29) is 17.3 Å². The van der Waals surface area contributed by atoms with Gasteiger partial charge < -0.3 is 15.5 Å². The van der Waals surface area contributed by atoms with Crippen LogP contribution < -0.4 is 15.5 Å². The third-order valence-electron chi connectivity index (χ3n) is 5.86. The van der Waals surface area contributed by atoms with Gasteiger partial charge in [-0.25, -0.2) is 8.42 Å². The van der Waals surface area contributed by atoms with Gasteiger partial charge in [0.05, 0.1) is 22.8 Å². The summed E-state index contributed by atoms with van der Waals surface area (Å²) in [6.07, 6.45) is 5.42. The Bertz CT molecular complexity index is 1010. The summed E-state index contributed by atoms with van der Waals surface area (Å²) in [5.41, 5.74) is 2.54. The number of carbonyl (C=O) groups excluding carboxylic acids is 1. The molecule has 0 radical (unpaired) electrons. The molecule has 1 amide bonds. The van der Waals surface area contributed by atoms with Crippen LogP contribution in [0, 0.1) is 0 Å². The van der Waals surface area contributed by atoms with Crippen molar-refractivity contribution in [3.63, 3.8) is 0 Å². The Balaban J connectivity index is 1.39. The topological polar surface area (TPSA) is 81.8 Å². The third-order valence-corrected chi connectivity index (χ3v) is 7.76. The highest BCUT2D eigenvalue weighted by atomic mass is 32.2. The van der Waals surface area contributed by atoms with Crippen LogP contribution in [0.1, 0.15) is 32.1 Å². The summed E-state index contributed by atoms with van der Waals surface area (Å²) in [7, 11) is -3.51. The first-order valence-corrected chi connectivity index (χ1v) is 12.5. The summed E-state index contributed by atoms with van der Waals surface area (Å²) < 4.78 is 27.0. The number of benzene rings is 2. The van der Waals surface area contributed by atoms with Crippen molar-refractivity contribution in [3.05, 3.63) is 48.5 Å². The highest BCUT2D eigenvalue weighted by molar-refractivity contribution is 7.89. The van der Waals surface area contributed by atoms with E-state index in [1.165, 1.54) is 29.6 Å². The fourth-order valence-corrected chi connectivity index (χ4v) is 5.79. The second-order valence-corrected chi connectivity index (χ2v) is 10.0. The number of sulfonamides is 1. The highest BCUT2D eigenvalue weighted by Crippen LogP contribution is 2.28. The number of rotatable bonds is 7. The molecule has 0 aliphatic carbocycles. The van der Waals surface area contributed by atoms with Crippen LogP contribution in [0.4, 0.5) is 17.1 Å². The normalized spacial score (nSPS) is 17.5. The minimum atomic E-state index is -3.51. The van der Waals surface area contributed by atoms with Gasteiger partial charge in [-0.3, -0.25) is 4.79 Å². The molecule has 0 unspecified atom stereocenters. The number of hydrogen-bond donors (Lipinski definition) is 2. The van der Waals surface area contributed by atoms with Crippen molar-refractivity contribution in [2.75, 3.05) is 48.3 Å². The summed E-state index contributed by atoms with van der Waals surface area (Å²) in [5, 5.41) is 6.06. The van der Waals surface area contributed by atoms with Crippen LogP contribution in [0.3, 0.4) is 0 Å². The van der Waals surface area contributed by atoms with Crippen LogP contribution in [0.2, 0.25) is 0 Å². The first-order valence-electron chi connectivity index (χ1n) is 11.0. The Morgan fingerprint density at radius 2 is 1.58 bits per heavy atom. The van der Waals surface area contributed by atoms with E-state index in [2.05, 4.69) is 21.6 Å². The fraction of sp³-hybridized carbons (Fsp3) is 0.435. The van der Waals surface area contributed by atoms with Gasteiger partial charge >= 0.3 is 0 Å². The van der Waals surface area contributed by atoms with E-state index in [1.807, 2.05) is 18.2 Å². The lowest BCUT2D eigenvalue weighted by Crippen LogP contribution is -2.30. The van der Waals surface area contributed by atoms with E-state index in [4.69, 9.17) is 0 Å². The molecule has 2 aliphatic heterocycles. The van der Waals surface area contributed by atoms with E-state index in [9.17, 15) is 13.2 Å². The van der Waals surface area contributed by atoms with Crippen LogP contribution in [-0.4, -0.2) is 51.4 Å². The molecule has 7 nitrogen and oxygen atoms in total. The molecule has 0 aromatic heterocycles. The zero-order valence-corrected chi connectivity index (χ0v) is 18.5. The quantitative estimate of drug-likeness (QED) is 0.686. The van der Waals surface area contributed by atoms with Gasteiger partial charge in [0.2, 0.25) is 15.9 Å². The maximum absolute atomic E-state index is 12.8. The summed E-state index contributed by atoms with van der Waals surface area (Å²) in [6, 6.07) is 14.5. The molecular formula is C23H30N4O3S. The predicted molar refractivity (Wildman–Crippen MR) is 124 cm³/mol. The zero-order chi connectivity index (χ0) is 21.7. The van der Waals surface area contributed by atoms with Crippen LogP contribution in [0.5, 0.6) is 0 Å². The van der Waals surface area contributed by atoms with E-state index < -0.39 is 10.0 Å². The van der Waals surface area contributed by atoms with Gasteiger partial charge in [0.25, 0.3) is 0 Å². The molecule has 4 rings (SSSR count). The van der Waals surface area contributed by atoms with Crippen molar-refractivity contribution in [3.8, 4) is 0 Å². The molecule has 2 heterocycles. The van der Waals surface area contributed by atoms with Crippen molar-refractivity contribution in [1.29, 1.82) is 0 Å². The summed E-state index contributed by atoms with van der Waals surface area (Å²) in [5.74, 6) is -0.218. The maximum Gasteiger partial charge on any atom is 0.243 e. The van der Waals surface area contributed by atoms with E-state index >= 15 is 0 Å². The van der Waals surface area contributed by atoms with Crippen molar-refractivity contribution in [2.24, 2.45) is 0 Å². The standard InChI is InChI=1S/C23H30N4O3S/c28-23(18-24-21-11-2-3-12-22(21)26-13-4-1-5-14-26)25-19-9-8-10-20(17-19)31(29,30)27-15-6-7-16-27/h2-3,8-12,17,24H,1,4-7,13-16,18H2,(H,25,28). The Labute approximate surface area is 184 Å². The van der Waals surface area contributed by atoms with Gasteiger partial charge in [0, 0.05) is 31.9 Å². The first-order chi connectivity index (χ1) is 15.0. The Morgan fingerprint density at radius 1 is 0.871 bits per heavy atom. The lowest BCUT2D eigenvalue weighted by molar-refractivity contribution is -0.114. The van der Waals surface area contributed by atoms with Gasteiger partial charge in [0.15, 0.2) is 0 Å². The molecule has 0 spiro atoms. The molecular weight excluding hydrogens is 412 g/mol. The zero-order valence-electron chi connectivity index (χ0n) is 17.7. The van der Waals surface area contributed by atoms with Gasteiger partial charge in [-0.05, 0) is 62.4 Å². The van der Waals surface area contributed by atoms with Crippen LogP contribution in [-0.2, 0) is 14.8 Å². The lowest BCUT2D eigenvalue weighted by atomic mass is 10.1. The molecule has 2 aromatic carbocycles. The number of hydrogen-bond acceptors (Lipinski definition) is 5. The van der Waals surface area contributed by atoms with E-state index in [0.717, 1.165) is 37.3 Å². The molecule has 2 aliphatic rings. The summed E-state index contributed by atoms with van der Waals surface area (Å²) in [6.45, 7) is 3.28. The van der Waals surface area contributed by atoms with Gasteiger partial charge in [-0.1, -0.05) is 18.2 Å². The molecule has 2 aromatic rings. The first kappa shape index (κ1) is 21.6. The maximum atomic E-state index is 12.8. The third kappa shape index (κ3) is 5.19. The monoisotopic (exact) mass is 442 g/mol. The molecule has 166 valence electrons. The van der Waals surface area contributed by atoms with Gasteiger partial charge in [-0.2, -0.15) is 4.31 Å². The number of nitrogens with one attached hydrogen (secondary N) is 2. The van der Waals surface area contributed by atoms with E-state index in [0.29, 0.717) is 18.8 Å². The number of amides is 1. The largest absolute Gasteiger partial charge is 0.374 e. The average molecular weight is 443 g/mol. The Kier molecular flexibility index (Phi) is 6.77. The molecule has 8 heteroatoms. The molecule has 2 fully saturated rings. The number of nitrogens with zero attached hydrogens (tertiary/aromatic N) is 2. The van der Waals surface area contributed by atoms with Crippen molar-refractivity contribution in [2.45, 2.75) is 37.0 Å². The van der Waals surface area contributed by atoms with Crippen LogP contribution in [0.25, 0.3) is 0 Å². The molecule has 0 atom stereocenters. The number of piperidine rings is 1. The molecule has 0 bridgehead atoms. The lowest BCUT2D eigenvalue weighted by Gasteiger charge is -2.30. The summed E-state index contributed by atoms with van der Waals surface area (Å²) >= 11 is 0. The molecule has 31 heavy (non-hydrogen) atoms. The van der Waals surface area contributed by atoms with Crippen LogP contribution >= 0.6 is 0 Å². The van der Waals surface area contributed by atoms with Crippen molar-refractivity contribution >= 4 is 33.0 Å². The highest BCUT2D eigenvalue weighted by Gasteiger charge is 2.27. The second kappa shape index (κ2) is 9.70. The molecule has 0 saturated carbocycles. The van der Waals surface area contributed by atoms with Gasteiger partial charge in [-0.15, -0.1) is 0 Å². The molecule has 2 saturated heterocycles. The van der Waals surface area contributed by atoms with E-state index in [1.54, 1.807) is 18.2 Å². The predicted octanol–water partition coefficient (Wildman–Crippen LogP) is 3.51. The SMILES string of the molecule is O=C(CNc1ccccc1N1CCCCC1)Nc1cccc(S(=O)(=O)N2CCCC2)c1. The number of para-hydroxylation sites is 2. The molecule has 2 N–H and O–H groups in total. The number of carbonyl (C=O) groups is 1. The van der Waals surface area contributed by atoms with Crippen LogP contribution in [0.15, 0.2) is 53.4 Å². The minimum absolute atomic E-state index is 0.105. The van der Waals surface area contributed by atoms with Gasteiger partial charge in [0.1, 0.15) is 0 Å².